The molecule has 2 saturated heterocycles. The number of benzene rings is 1. The van der Waals surface area contributed by atoms with Gasteiger partial charge in [-0.2, -0.15) is 4.31 Å². The second-order valence-electron chi connectivity index (χ2n) is 8.16. The van der Waals surface area contributed by atoms with Crippen molar-refractivity contribution in [2.24, 2.45) is 5.92 Å². The molecule has 1 aromatic carbocycles. The van der Waals surface area contributed by atoms with Crippen LogP contribution in [-0.2, 0) is 19.6 Å². The number of piperidine rings is 1. The number of aryl methyl sites for hydroxylation is 1. The molecular formula is C22H35N3O5S. The Labute approximate surface area is 185 Å². The van der Waals surface area contributed by atoms with E-state index in [0.717, 1.165) is 44.8 Å². The number of rotatable bonds is 9. The highest BCUT2D eigenvalue weighted by molar-refractivity contribution is 7.89. The van der Waals surface area contributed by atoms with E-state index in [2.05, 4.69) is 10.2 Å². The molecular weight excluding hydrogens is 418 g/mol. The fourth-order valence-electron chi connectivity index (χ4n) is 4.11. The summed E-state index contributed by atoms with van der Waals surface area (Å²) in [6, 6.07) is 4.94. The number of morpholine rings is 1. The predicted octanol–water partition coefficient (Wildman–Crippen LogP) is 1.63. The molecule has 0 radical (unpaired) electrons. The number of ether oxygens (including phenoxy) is 2. The zero-order valence-electron chi connectivity index (χ0n) is 18.6. The van der Waals surface area contributed by atoms with E-state index in [9.17, 15) is 13.2 Å². The first-order valence-corrected chi connectivity index (χ1v) is 12.7. The van der Waals surface area contributed by atoms with Crippen LogP contribution in [0.4, 0.5) is 0 Å². The molecule has 3 rings (SSSR count). The van der Waals surface area contributed by atoms with Crippen molar-refractivity contribution in [3.63, 3.8) is 0 Å². The zero-order chi connectivity index (χ0) is 22.3. The Morgan fingerprint density at radius 2 is 2.03 bits per heavy atom. The van der Waals surface area contributed by atoms with Crippen LogP contribution in [0.25, 0.3) is 0 Å². The maximum Gasteiger partial charge on any atom is 0.243 e. The fourth-order valence-corrected chi connectivity index (χ4v) is 5.72. The van der Waals surface area contributed by atoms with E-state index >= 15 is 0 Å². The van der Waals surface area contributed by atoms with Crippen molar-refractivity contribution < 1.29 is 22.7 Å². The monoisotopic (exact) mass is 453 g/mol. The van der Waals surface area contributed by atoms with Gasteiger partial charge in [0.05, 0.1) is 30.6 Å². The lowest BCUT2D eigenvalue weighted by Gasteiger charge is -2.31. The quantitative estimate of drug-likeness (QED) is 0.572. The van der Waals surface area contributed by atoms with Crippen LogP contribution in [0.3, 0.4) is 0 Å². The minimum Gasteiger partial charge on any atom is -0.494 e. The molecule has 0 saturated carbocycles. The Morgan fingerprint density at radius 3 is 2.74 bits per heavy atom. The summed E-state index contributed by atoms with van der Waals surface area (Å²) in [6.07, 6.45) is 2.27. The molecule has 1 atom stereocenters. The van der Waals surface area contributed by atoms with Gasteiger partial charge >= 0.3 is 0 Å². The molecule has 174 valence electrons. The molecule has 2 heterocycles. The summed E-state index contributed by atoms with van der Waals surface area (Å²) in [5, 5.41) is 3.00. The minimum atomic E-state index is -3.64. The van der Waals surface area contributed by atoms with E-state index in [1.54, 1.807) is 18.2 Å². The lowest BCUT2D eigenvalue weighted by atomic mass is 9.99. The van der Waals surface area contributed by atoms with Crippen molar-refractivity contribution in [1.82, 2.24) is 14.5 Å². The number of amides is 1. The Bertz CT molecular complexity index is 840. The normalized spacial score (nSPS) is 21.0. The van der Waals surface area contributed by atoms with Gasteiger partial charge in [0.1, 0.15) is 5.75 Å². The lowest BCUT2D eigenvalue weighted by Crippen LogP contribution is -2.45. The summed E-state index contributed by atoms with van der Waals surface area (Å²) in [4.78, 5) is 15.2. The Hall–Kier alpha value is -1.68. The maximum absolute atomic E-state index is 13.1. The molecule has 0 bridgehead atoms. The summed E-state index contributed by atoms with van der Waals surface area (Å²) in [5.41, 5.74) is 0.787. The first-order valence-electron chi connectivity index (χ1n) is 11.2. The standard InChI is InChI=1S/C22H35N3O5S/c1-3-30-21-8-7-20(16-18(21)2)31(27,28)25-11-4-6-19(17-25)22(26)23-9-5-10-24-12-14-29-15-13-24/h7-8,16,19H,3-6,9-15,17H2,1-2H3,(H,23,26)/t19-/m0/s1. The predicted molar refractivity (Wildman–Crippen MR) is 119 cm³/mol. The molecule has 1 aromatic rings. The molecule has 0 unspecified atom stereocenters. The van der Waals surface area contributed by atoms with Crippen LogP contribution in [0, 0.1) is 12.8 Å². The van der Waals surface area contributed by atoms with Gasteiger partial charge in [-0.15, -0.1) is 0 Å². The van der Waals surface area contributed by atoms with Gasteiger partial charge in [0.15, 0.2) is 0 Å². The minimum absolute atomic E-state index is 0.0512. The molecule has 31 heavy (non-hydrogen) atoms. The van der Waals surface area contributed by atoms with Crippen LogP contribution in [0.1, 0.15) is 31.7 Å². The number of nitrogens with zero attached hydrogens (tertiary/aromatic N) is 2. The van der Waals surface area contributed by atoms with Crippen LogP contribution < -0.4 is 10.1 Å². The van der Waals surface area contributed by atoms with Crippen LogP contribution in [0.15, 0.2) is 23.1 Å². The van der Waals surface area contributed by atoms with Crippen LogP contribution in [0.5, 0.6) is 5.75 Å². The van der Waals surface area contributed by atoms with Crippen LogP contribution >= 0.6 is 0 Å². The Morgan fingerprint density at radius 1 is 1.26 bits per heavy atom. The number of carbonyl (C=O) groups is 1. The molecule has 1 N–H and O–H groups in total. The summed E-state index contributed by atoms with van der Waals surface area (Å²) in [7, 11) is -3.64. The third-order valence-corrected chi connectivity index (χ3v) is 7.75. The third kappa shape index (κ3) is 6.41. The molecule has 8 nitrogen and oxygen atoms in total. The van der Waals surface area contributed by atoms with Gasteiger partial charge in [0.25, 0.3) is 0 Å². The highest BCUT2D eigenvalue weighted by Crippen LogP contribution is 2.27. The molecule has 0 aliphatic carbocycles. The average molecular weight is 454 g/mol. The van der Waals surface area contributed by atoms with Crippen molar-refractivity contribution in [2.75, 3.05) is 59.1 Å². The summed E-state index contributed by atoms with van der Waals surface area (Å²) < 4.78 is 38.6. The van der Waals surface area contributed by atoms with E-state index in [-0.39, 0.29) is 23.3 Å². The second-order valence-corrected chi connectivity index (χ2v) is 10.1. The van der Waals surface area contributed by atoms with Crippen molar-refractivity contribution >= 4 is 15.9 Å². The number of sulfonamides is 1. The zero-order valence-corrected chi connectivity index (χ0v) is 19.5. The summed E-state index contributed by atoms with van der Waals surface area (Å²) >= 11 is 0. The topological polar surface area (TPSA) is 88.2 Å². The van der Waals surface area contributed by atoms with Gasteiger partial charge in [-0.25, -0.2) is 8.42 Å². The molecule has 1 amide bonds. The molecule has 0 spiro atoms. The molecule has 2 aliphatic heterocycles. The van der Waals surface area contributed by atoms with E-state index in [1.807, 2.05) is 13.8 Å². The molecule has 9 heteroatoms. The largest absolute Gasteiger partial charge is 0.494 e. The Kier molecular flexibility index (Phi) is 8.71. The van der Waals surface area contributed by atoms with Crippen molar-refractivity contribution in [3.05, 3.63) is 23.8 Å². The number of hydrogen-bond donors (Lipinski definition) is 1. The average Bonchev–Trinajstić information content (AvgIpc) is 2.79. The van der Waals surface area contributed by atoms with Crippen molar-refractivity contribution in [3.8, 4) is 5.75 Å². The van der Waals surface area contributed by atoms with Crippen LogP contribution in [0.2, 0.25) is 0 Å². The Balaban J connectivity index is 1.52. The van der Waals surface area contributed by atoms with E-state index in [0.29, 0.717) is 38.3 Å². The number of nitrogens with one attached hydrogen (secondary N) is 1. The molecule has 2 aliphatic rings. The van der Waals surface area contributed by atoms with Gasteiger partial charge in [-0.1, -0.05) is 0 Å². The van der Waals surface area contributed by atoms with E-state index < -0.39 is 10.0 Å². The lowest BCUT2D eigenvalue weighted by molar-refractivity contribution is -0.126. The smallest absolute Gasteiger partial charge is 0.243 e. The van der Waals surface area contributed by atoms with Gasteiger partial charge in [-0.05, 0) is 63.4 Å². The van der Waals surface area contributed by atoms with Gasteiger partial charge in [-0.3, -0.25) is 9.69 Å². The van der Waals surface area contributed by atoms with Gasteiger partial charge in [0.2, 0.25) is 15.9 Å². The van der Waals surface area contributed by atoms with Crippen molar-refractivity contribution in [1.29, 1.82) is 0 Å². The van der Waals surface area contributed by atoms with E-state index in [4.69, 9.17) is 9.47 Å². The molecule has 2 fully saturated rings. The first-order chi connectivity index (χ1) is 14.9. The summed E-state index contributed by atoms with van der Waals surface area (Å²) in [6.45, 7) is 9.89. The first kappa shape index (κ1) is 24.0. The molecule has 0 aromatic heterocycles. The highest BCUT2D eigenvalue weighted by Gasteiger charge is 2.33. The van der Waals surface area contributed by atoms with E-state index in [1.165, 1.54) is 4.31 Å². The SMILES string of the molecule is CCOc1ccc(S(=O)(=O)N2CCC[C@H](C(=O)NCCCN3CCOCC3)C2)cc1C. The summed E-state index contributed by atoms with van der Waals surface area (Å²) in [5.74, 6) is 0.329. The highest BCUT2D eigenvalue weighted by atomic mass is 32.2. The number of hydrogen-bond acceptors (Lipinski definition) is 6. The van der Waals surface area contributed by atoms with Gasteiger partial charge in [0, 0.05) is 32.7 Å². The van der Waals surface area contributed by atoms with Gasteiger partial charge < -0.3 is 14.8 Å². The fraction of sp³-hybridized carbons (Fsp3) is 0.682. The third-order valence-electron chi connectivity index (χ3n) is 5.89. The number of carbonyl (C=O) groups excluding carboxylic acids is 1. The second kappa shape index (κ2) is 11.3. The maximum atomic E-state index is 13.1. The van der Waals surface area contributed by atoms with Crippen molar-refractivity contribution in [2.45, 2.75) is 38.0 Å². The van der Waals surface area contributed by atoms with Crippen LogP contribution in [-0.4, -0.2) is 82.6 Å².